The molecule has 2 aliphatic rings. The molecule has 2 aromatic carbocycles. The van der Waals surface area contributed by atoms with Gasteiger partial charge in [0.25, 0.3) is 0 Å². The number of ether oxygens (including phenoxy) is 1. The molecule has 0 spiro atoms. The van der Waals surface area contributed by atoms with Gasteiger partial charge in [-0.15, -0.1) is 5.10 Å². The number of hydrogen-bond donors (Lipinski definition) is 0. The van der Waals surface area contributed by atoms with Crippen molar-refractivity contribution in [3.05, 3.63) is 71.5 Å². The van der Waals surface area contributed by atoms with E-state index in [4.69, 9.17) is 4.74 Å². The van der Waals surface area contributed by atoms with Gasteiger partial charge in [-0.3, -0.25) is 9.80 Å². The van der Waals surface area contributed by atoms with Gasteiger partial charge in [0.05, 0.1) is 13.7 Å². The van der Waals surface area contributed by atoms with Gasteiger partial charge < -0.3 is 4.74 Å². The van der Waals surface area contributed by atoms with Crippen molar-refractivity contribution in [1.82, 2.24) is 30.0 Å². The SMILES string of the molecule is COc1ccccc1[C@H](c1nnnn1Cc1ccccc1)N1CCN(C2CCCCC2)CC1. The van der Waals surface area contributed by atoms with E-state index in [2.05, 4.69) is 61.7 Å². The van der Waals surface area contributed by atoms with Crippen molar-refractivity contribution in [3.63, 3.8) is 0 Å². The first kappa shape index (κ1) is 22.0. The average Bonchev–Trinajstić information content (AvgIpc) is 3.33. The Kier molecular flexibility index (Phi) is 6.98. The first-order valence-corrected chi connectivity index (χ1v) is 12.2. The summed E-state index contributed by atoms with van der Waals surface area (Å²) in [5, 5.41) is 13.0. The smallest absolute Gasteiger partial charge is 0.173 e. The predicted octanol–water partition coefficient (Wildman–Crippen LogP) is 3.77. The van der Waals surface area contributed by atoms with Crippen molar-refractivity contribution < 1.29 is 4.74 Å². The zero-order valence-electron chi connectivity index (χ0n) is 19.5. The molecule has 33 heavy (non-hydrogen) atoms. The highest BCUT2D eigenvalue weighted by Gasteiger charge is 2.34. The van der Waals surface area contributed by atoms with E-state index in [1.54, 1.807) is 7.11 Å². The van der Waals surface area contributed by atoms with Crippen LogP contribution in [0.4, 0.5) is 0 Å². The highest BCUT2D eigenvalue weighted by atomic mass is 16.5. The fourth-order valence-corrected chi connectivity index (χ4v) is 5.47. The molecule has 5 rings (SSSR count). The molecule has 0 unspecified atom stereocenters. The number of rotatable bonds is 7. The number of tetrazole rings is 1. The molecule has 7 heteroatoms. The Hall–Kier alpha value is -2.77. The van der Waals surface area contributed by atoms with Crippen LogP contribution in [-0.2, 0) is 6.54 Å². The second kappa shape index (κ2) is 10.4. The van der Waals surface area contributed by atoms with Gasteiger partial charge in [0.1, 0.15) is 11.8 Å². The van der Waals surface area contributed by atoms with Crippen LogP contribution in [-0.4, -0.2) is 69.3 Å². The topological polar surface area (TPSA) is 59.3 Å². The summed E-state index contributed by atoms with van der Waals surface area (Å²) in [5.41, 5.74) is 2.31. The lowest BCUT2D eigenvalue weighted by molar-refractivity contribution is 0.0615. The van der Waals surface area contributed by atoms with Crippen molar-refractivity contribution in [2.75, 3.05) is 33.3 Å². The van der Waals surface area contributed by atoms with Crippen molar-refractivity contribution in [3.8, 4) is 5.75 Å². The summed E-state index contributed by atoms with van der Waals surface area (Å²) < 4.78 is 7.72. The summed E-state index contributed by atoms with van der Waals surface area (Å²) in [6.07, 6.45) is 6.86. The summed E-state index contributed by atoms with van der Waals surface area (Å²) in [4.78, 5) is 5.24. The van der Waals surface area contributed by atoms with Crippen LogP contribution in [0.2, 0.25) is 0 Å². The molecule has 1 atom stereocenters. The summed E-state index contributed by atoms with van der Waals surface area (Å²) in [7, 11) is 1.74. The third kappa shape index (κ3) is 4.94. The highest BCUT2D eigenvalue weighted by molar-refractivity contribution is 5.39. The van der Waals surface area contributed by atoms with Crippen LogP contribution in [0.25, 0.3) is 0 Å². The fraction of sp³-hybridized carbons (Fsp3) is 0.500. The van der Waals surface area contributed by atoms with Gasteiger partial charge in [-0.25, -0.2) is 4.68 Å². The molecule has 0 N–H and O–H groups in total. The molecule has 0 radical (unpaired) electrons. The van der Waals surface area contributed by atoms with Gasteiger partial charge in [-0.1, -0.05) is 67.8 Å². The van der Waals surface area contributed by atoms with Crippen molar-refractivity contribution in [2.45, 2.75) is 50.7 Å². The Morgan fingerprint density at radius 2 is 1.64 bits per heavy atom. The quantitative estimate of drug-likeness (QED) is 0.551. The number of piperazine rings is 1. The van der Waals surface area contributed by atoms with E-state index in [0.29, 0.717) is 6.54 Å². The largest absolute Gasteiger partial charge is 0.496 e. The van der Waals surface area contributed by atoms with E-state index in [1.807, 2.05) is 22.9 Å². The van der Waals surface area contributed by atoms with Crippen LogP contribution in [0.1, 0.15) is 55.1 Å². The zero-order chi connectivity index (χ0) is 22.5. The number of benzene rings is 2. The molecule has 2 heterocycles. The molecular weight excluding hydrogens is 412 g/mol. The molecule has 3 aromatic rings. The Morgan fingerprint density at radius 3 is 2.39 bits per heavy atom. The standard InChI is InChI=1S/C26H34N6O/c1-33-24-15-9-8-14-23(24)25(26-27-28-29-32(26)20-21-10-4-2-5-11-21)31-18-16-30(17-19-31)22-12-6-3-7-13-22/h2,4-5,8-11,14-15,22,25H,3,6-7,12-13,16-20H2,1H3/t25-/m1/s1. The second-order valence-corrected chi connectivity index (χ2v) is 9.19. The Balaban J connectivity index is 1.43. The van der Waals surface area contributed by atoms with Crippen LogP contribution in [0.15, 0.2) is 54.6 Å². The highest BCUT2D eigenvalue weighted by Crippen LogP contribution is 2.35. The Morgan fingerprint density at radius 1 is 0.909 bits per heavy atom. The molecule has 1 saturated carbocycles. The molecule has 2 fully saturated rings. The molecule has 0 bridgehead atoms. The normalized spacial score (nSPS) is 19.4. The van der Waals surface area contributed by atoms with Crippen LogP contribution in [0, 0.1) is 0 Å². The first-order valence-electron chi connectivity index (χ1n) is 12.2. The van der Waals surface area contributed by atoms with E-state index in [0.717, 1.165) is 49.4 Å². The molecule has 1 aliphatic heterocycles. The monoisotopic (exact) mass is 446 g/mol. The zero-order valence-corrected chi connectivity index (χ0v) is 19.5. The van der Waals surface area contributed by atoms with E-state index in [-0.39, 0.29) is 6.04 Å². The summed E-state index contributed by atoms with van der Waals surface area (Å²) in [6, 6.07) is 19.4. The predicted molar refractivity (Wildman–Crippen MR) is 128 cm³/mol. The molecule has 1 saturated heterocycles. The minimum atomic E-state index is -0.0478. The maximum atomic E-state index is 5.77. The van der Waals surface area contributed by atoms with Crippen LogP contribution in [0.5, 0.6) is 5.75 Å². The van der Waals surface area contributed by atoms with E-state index in [1.165, 1.54) is 37.7 Å². The minimum Gasteiger partial charge on any atom is -0.496 e. The molecule has 0 amide bonds. The fourth-order valence-electron chi connectivity index (χ4n) is 5.47. The van der Waals surface area contributed by atoms with Crippen LogP contribution in [0.3, 0.4) is 0 Å². The van der Waals surface area contributed by atoms with Gasteiger partial charge >= 0.3 is 0 Å². The van der Waals surface area contributed by atoms with Crippen molar-refractivity contribution in [1.29, 1.82) is 0 Å². The molecule has 7 nitrogen and oxygen atoms in total. The van der Waals surface area contributed by atoms with Gasteiger partial charge in [-0.2, -0.15) is 0 Å². The third-order valence-corrected chi connectivity index (χ3v) is 7.22. The van der Waals surface area contributed by atoms with Gasteiger partial charge in [0, 0.05) is 37.8 Å². The molecular formula is C26H34N6O. The van der Waals surface area contributed by atoms with Gasteiger partial charge in [-0.05, 0) is 34.9 Å². The number of methoxy groups -OCH3 is 1. The number of nitrogens with zero attached hydrogens (tertiary/aromatic N) is 6. The minimum absolute atomic E-state index is 0.0478. The lowest BCUT2D eigenvalue weighted by atomic mass is 9.93. The lowest BCUT2D eigenvalue weighted by Crippen LogP contribution is -2.52. The number of aromatic nitrogens is 4. The number of hydrogen-bond acceptors (Lipinski definition) is 6. The average molecular weight is 447 g/mol. The maximum absolute atomic E-state index is 5.77. The molecule has 1 aromatic heterocycles. The number of para-hydroxylation sites is 1. The first-order chi connectivity index (χ1) is 16.3. The van der Waals surface area contributed by atoms with Gasteiger partial charge in [0.15, 0.2) is 5.82 Å². The second-order valence-electron chi connectivity index (χ2n) is 9.19. The summed E-state index contributed by atoms with van der Waals surface area (Å²) in [5.74, 6) is 1.75. The summed E-state index contributed by atoms with van der Waals surface area (Å²) >= 11 is 0. The van der Waals surface area contributed by atoms with Crippen LogP contribution >= 0.6 is 0 Å². The van der Waals surface area contributed by atoms with Crippen molar-refractivity contribution in [2.24, 2.45) is 0 Å². The molecule has 174 valence electrons. The van der Waals surface area contributed by atoms with E-state index in [9.17, 15) is 0 Å². The third-order valence-electron chi connectivity index (χ3n) is 7.22. The van der Waals surface area contributed by atoms with Crippen molar-refractivity contribution >= 4 is 0 Å². The summed E-state index contributed by atoms with van der Waals surface area (Å²) in [6.45, 7) is 4.83. The van der Waals surface area contributed by atoms with E-state index < -0.39 is 0 Å². The maximum Gasteiger partial charge on any atom is 0.173 e. The van der Waals surface area contributed by atoms with Gasteiger partial charge in [0.2, 0.25) is 0 Å². The Labute approximate surface area is 196 Å². The lowest BCUT2D eigenvalue weighted by Gasteiger charge is -2.43. The Bertz CT molecular complexity index is 1010. The van der Waals surface area contributed by atoms with Crippen LogP contribution < -0.4 is 4.74 Å². The van der Waals surface area contributed by atoms with E-state index >= 15 is 0 Å². The molecule has 1 aliphatic carbocycles.